The van der Waals surface area contributed by atoms with Crippen molar-refractivity contribution in [3.05, 3.63) is 60.4 Å². The summed E-state index contributed by atoms with van der Waals surface area (Å²) >= 11 is 0. The summed E-state index contributed by atoms with van der Waals surface area (Å²) in [6.45, 7) is 3.90. The number of carbonyl (C=O) groups is 1. The predicted molar refractivity (Wildman–Crippen MR) is 107 cm³/mol. The van der Waals surface area contributed by atoms with Crippen LogP contribution in [0, 0.1) is 0 Å². The number of nitrogens with zero attached hydrogens (tertiary/aromatic N) is 3. The Morgan fingerprint density at radius 2 is 1.89 bits per heavy atom. The van der Waals surface area contributed by atoms with Crippen LogP contribution in [0.3, 0.4) is 0 Å². The second kappa shape index (κ2) is 8.25. The maximum absolute atomic E-state index is 12.8. The van der Waals surface area contributed by atoms with Crippen LogP contribution in [-0.4, -0.2) is 46.6 Å². The number of hydrogen-bond donors (Lipinski definition) is 0. The number of carbonyl (C=O) groups excluding carboxylic acids is 1. The highest BCUT2D eigenvalue weighted by Crippen LogP contribution is 2.24. The van der Waals surface area contributed by atoms with Gasteiger partial charge in [-0.25, -0.2) is 4.98 Å². The average molecular weight is 377 g/mol. The average Bonchev–Trinajstić information content (AvgIpc) is 2.74. The number of ether oxygens (including phenoxy) is 2. The van der Waals surface area contributed by atoms with Crippen molar-refractivity contribution in [2.24, 2.45) is 0 Å². The van der Waals surface area contributed by atoms with E-state index in [-0.39, 0.29) is 12.0 Å². The van der Waals surface area contributed by atoms with Gasteiger partial charge in [-0.15, -0.1) is 0 Å². The van der Waals surface area contributed by atoms with E-state index >= 15 is 0 Å². The second-order valence-electron chi connectivity index (χ2n) is 6.76. The van der Waals surface area contributed by atoms with Crippen molar-refractivity contribution in [1.82, 2.24) is 14.9 Å². The number of rotatable bonds is 5. The normalized spacial score (nSPS) is 14.8. The van der Waals surface area contributed by atoms with Gasteiger partial charge < -0.3 is 14.4 Å². The van der Waals surface area contributed by atoms with Gasteiger partial charge >= 0.3 is 0 Å². The van der Waals surface area contributed by atoms with Crippen LogP contribution < -0.4 is 9.47 Å². The lowest BCUT2D eigenvalue weighted by Gasteiger charge is -2.32. The van der Waals surface area contributed by atoms with E-state index in [1.807, 2.05) is 54.3 Å². The Bertz CT molecular complexity index is 968. The highest BCUT2D eigenvalue weighted by Gasteiger charge is 2.25. The van der Waals surface area contributed by atoms with Crippen LogP contribution in [0.4, 0.5) is 0 Å². The number of likely N-dealkylation sites (tertiary alicyclic amines) is 1. The van der Waals surface area contributed by atoms with Crippen molar-refractivity contribution >= 4 is 16.9 Å². The molecule has 1 aromatic carbocycles. The van der Waals surface area contributed by atoms with Gasteiger partial charge in [-0.3, -0.25) is 9.78 Å². The quantitative estimate of drug-likeness (QED) is 0.678. The molecule has 28 heavy (non-hydrogen) atoms. The fourth-order valence-corrected chi connectivity index (χ4v) is 3.41. The molecule has 2 aromatic heterocycles. The van der Waals surface area contributed by atoms with E-state index < -0.39 is 0 Å². The van der Waals surface area contributed by atoms with Crippen LogP contribution in [0.1, 0.15) is 30.3 Å². The van der Waals surface area contributed by atoms with Crippen molar-refractivity contribution in [2.75, 3.05) is 19.7 Å². The monoisotopic (exact) mass is 377 g/mol. The van der Waals surface area contributed by atoms with E-state index in [1.165, 1.54) is 0 Å². The molecule has 0 radical (unpaired) electrons. The summed E-state index contributed by atoms with van der Waals surface area (Å²) in [6, 6.07) is 15.0. The summed E-state index contributed by atoms with van der Waals surface area (Å²) in [5.41, 5.74) is 1.99. The van der Waals surface area contributed by atoms with Crippen LogP contribution in [0.15, 0.2) is 54.7 Å². The fourth-order valence-electron chi connectivity index (χ4n) is 3.41. The molecule has 1 aliphatic heterocycles. The fraction of sp³-hybridized carbons (Fsp3) is 0.318. The van der Waals surface area contributed by atoms with Gasteiger partial charge in [0.25, 0.3) is 5.91 Å². The molecule has 0 aliphatic carbocycles. The number of hydrogen-bond acceptors (Lipinski definition) is 5. The third-order valence-electron chi connectivity index (χ3n) is 4.82. The Labute approximate surface area is 164 Å². The van der Waals surface area contributed by atoms with E-state index in [9.17, 15) is 4.79 Å². The second-order valence-corrected chi connectivity index (χ2v) is 6.76. The lowest BCUT2D eigenvalue weighted by atomic mass is 10.1. The van der Waals surface area contributed by atoms with E-state index in [1.54, 1.807) is 12.3 Å². The Balaban J connectivity index is 1.36. The molecule has 144 valence electrons. The first kappa shape index (κ1) is 18.2. The van der Waals surface area contributed by atoms with Gasteiger partial charge in [-0.2, -0.15) is 0 Å². The largest absolute Gasteiger partial charge is 0.494 e. The van der Waals surface area contributed by atoms with Crippen LogP contribution >= 0.6 is 0 Å². The van der Waals surface area contributed by atoms with Crippen molar-refractivity contribution in [3.8, 4) is 11.5 Å². The molecule has 6 nitrogen and oxygen atoms in total. The summed E-state index contributed by atoms with van der Waals surface area (Å²) in [5, 5.41) is 0. The molecule has 1 fully saturated rings. The Morgan fingerprint density at radius 3 is 2.71 bits per heavy atom. The molecule has 6 heteroatoms. The standard InChI is InChI=1S/C22H23N3O3/c1-2-27-17-5-3-6-18(15-17)28-16-10-13-25(14-11-16)22(26)21-9-8-19-20(24-21)7-4-12-23-19/h3-9,12,15-16H,2,10-11,13-14H2,1H3. The lowest BCUT2D eigenvalue weighted by Crippen LogP contribution is -2.42. The van der Waals surface area contributed by atoms with Crippen molar-refractivity contribution in [3.63, 3.8) is 0 Å². The van der Waals surface area contributed by atoms with Gasteiger partial charge in [0.05, 0.1) is 17.6 Å². The molecule has 0 spiro atoms. The number of fused-ring (bicyclic) bond motifs is 1. The summed E-state index contributed by atoms with van der Waals surface area (Å²) in [7, 11) is 0. The van der Waals surface area contributed by atoms with Gasteiger partial charge in [0, 0.05) is 38.2 Å². The molecule has 3 aromatic rings. The Morgan fingerprint density at radius 1 is 1.07 bits per heavy atom. The first-order chi connectivity index (χ1) is 13.7. The molecule has 0 saturated carbocycles. The van der Waals surface area contributed by atoms with Crippen molar-refractivity contribution in [1.29, 1.82) is 0 Å². The van der Waals surface area contributed by atoms with Crippen LogP contribution in [0.25, 0.3) is 11.0 Å². The van der Waals surface area contributed by atoms with Crippen LogP contribution in [0.5, 0.6) is 11.5 Å². The zero-order valence-corrected chi connectivity index (χ0v) is 15.9. The van der Waals surface area contributed by atoms with Gasteiger partial charge in [-0.1, -0.05) is 6.07 Å². The summed E-state index contributed by atoms with van der Waals surface area (Å²) < 4.78 is 11.6. The van der Waals surface area contributed by atoms with Gasteiger partial charge in [-0.05, 0) is 43.3 Å². The first-order valence-corrected chi connectivity index (χ1v) is 9.63. The first-order valence-electron chi connectivity index (χ1n) is 9.63. The molecular formula is C22H23N3O3. The van der Waals surface area contributed by atoms with E-state index in [0.717, 1.165) is 35.4 Å². The van der Waals surface area contributed by atoms with E-state index in [0.29, 0.717) is 25.4 Å². The number of piperidine rings is 1. The highest BCUT2D eigenvalue weighted by atomic mass is 16.5. The lowest BCUT2D eigenvalue weighted by molar-refractivity contribution is 0.0590. The zero-order valence-electron chi connectivity index (χ0n) is 15.9. The summed E-state index contributed by atoms with van der Waals surface area (Å²) in [5.74, 6) is 1.58. The third-order valence-corrected chi connectivity index (χ3v) is 4.82. The SMILES string of the molecule is CCOc1cccc(OC2CCN(C(=O)c3ccc4ncccc4n3)CC2)c1. The molecule has 1 saturated heterocycles. The Kier molecular flexibility index (Phi) is 5.37. The summed E-state index contributed by atoms with van der Waals surface area (Å²) in [6.07, 6.45) is 3.40. The maximum atomic E-state index is 12.8. The zero-order chi connectivity index (χ0) is 19.3. The maximum Gasteiger partial charge on any atom is 0.272 e. The Hall–Kier alpha value is -3.15. The number of amides is 1. The molecule has 0 atom stereocenters. The van der Waals surface area contributed by atoms with Gasteiger partial charge in [0.1, 0.15) is 23.3 Å². The van der Waals surface area contributed by atoms with Crippen LogP contribution in [0.2, 0.25) is 0 Å². The molecule has 1 aliphatic rings. The number of pyridine rings is 2. The molecule has 0 unspecified atom stereocenters. The molecule has 0 N–H and O–H groups in total. The molecule has 3 heterocycles. The predicted octanol–water partition coefficient (Wildman–Crippen LogP) is 3.71. The molecule has 4 rings (SSSR count). The van der Waals surface area contributed by atoms with E-state index in [4.69, 9.17) is 9.47 Å². The molecule has 1 amide bonds. The van der Waals surface area contributed by atoms with Crippen molar-refractivity contribution in [2.45, 2.75) is 25.9 Å². The molecule has 0 bridgehead atoms. The summed E-state index contributed by atoms with van der Waals surface area (Å²) in [4.78, 5) is 23.4. The number of aromatic nitrogens is 2. The topological polar surface area (TPSA) is 64.6 Å². The van der Waals surface area contributed by atoms with Crippen molar-refractivity contribution < 1.29 is 14.3 Å². The number of benzene rings is 1. The minimum absolute atomic E-state index is 0.0393. The van der Waals surface area contributed by atoms with Gasteiger partial charge in [0.2, 0.25) is 0 Å². The minimum Gasteiger partial charge on any atom is -0.494 e. The third kappa shape index (κ3) is 4.06. The van der Waals surface area contributed by atoms with Gasteiger partial charge in [0.15, 0.2) is 0 Å². The minimum atomic E-state index is -0.0393. The van der Waals surface area contributed by atoms with Crippen LogP contribution in [-0.2, 0) is 0 Å². The smallest absolute Gasteiger partial charge is 0.272 e. The highest BCUT2D eigenvalue weighted by molar-refractivity contribution is 5.94. The molecular weight excluding hydrogens is 354 g/mol. The van der Waals surface area contributed by atoms with E-state index in [2.05, 4.69) is 9.97 Å².